The number of rotatable bonds is 2. The highest BCUT2D eigenvalue weighted by Crippen LogP contribution is 2.40. The molecular weight excluding hydrogens is 297 g/mol. The van der Waals surface area contributed by atoms with Crippen LogP contribution in [0.1, 0.15) is 43.9 Å². The van der Waals surface area contributed by atoms with E-state index in [9.17, 15) is 18.0 Å². The number of halogens is 3. The van der Waals surface area contributed by atoms with Crippen LogP contribution >= 0.6 is 0 Å². The first-order valence-electron chi connectivity index (χ1n) is 7.18. The number of hydrogen-bond donors (Lipinski definition) is 1. The van der Waals surface area contributed by atoms with Crippen LogP contribution in [0.5, 0.6) is 0 Å². The number of nitrogens with two attached hydrogens (primary N) is 1. The molecule has 1 aliphatic rings. The lowest BCUT2D eigenvalue weighted by Gasteiger charge is -2.37. The Bertz CT molecular complexity index is 560. The average molecular weight is 316 g/mol. The summed E-state index contributed by atoms with van der Waals surface area (Å²) in [5, 5.41) is 0. The fourth-order valence-corrected chi connectivity index (χ4v) is 2.62. The molecule has 1 aromatic rings. The van der Waals surface area contributed by atoms with Crippen LogP contribution in [0.15, 0.2) is 18.2 Å². The smallest absolute Gasteiger partial charge is 0.416 e. The Kier molecular flexibility index (Phi) is 4.65. The minimum atomic E-state index is -4.44. The molecule has 4 nitrogen and oxygen atoms in total. The first kappa shape index (κ1) is 16.6. The lowest BCUT2D eigenvalue weighted by Crippen LogP contribution is -2.45. The SMILES string of the molecule is CCCOC(=O)N1c2ccc(C(F)(F)F)cc2[C@@H](N)C[C@H]1C. The van der Waals surface area contributed by atoms with Gasteiger partial charge in [0.2, 0.25) is 0 Å². The predicted molar refractivity (Wildman–Crippen MR) is 76.6 cm³/mol. The molecule has 0 spiro atoms. The predicted octanol–water partition coefficient (Wildman–Crippen LogP) is 3.85. The van der Waals surface area contributed by atoms with Crippen molar-refractivity contribution in [1.82, 2.24) is 0 Å². The van der Waals surface area contributed by atoms with Crippen LogP contribution in [0.25, 0.3) is 0 Å². The van der Waals surface area contributed by atoms with Crippen LogP contribution in [0.3, 0.4) is 0 Å². The summed E-state index contributed by atoms with van der Waals surface area (Å²) >= 11 is 0. The molecule has 0 saturated heterocycles. The molecule has 0 unspecified atom stereocenters. The molecule has 2 N–H and O–H groups in total. The Morgan fingerprint density at radius 1 is 1.45 bits per heavy atom. The largest absolute Gasteiger partial charge is 0.449 e. The van der Waals surface area contributed by atoms with E-state index in [1.165, 1.54) is 11.0 Å². The van der Waals surface area contributed by atoms with Crippen molar-refractivity contribution in [2.75, 3.05) is 11.5 Å². The van der Waals surface area contributed by atoms with E-state index < -0.39 is 23.9 Å². The Morgan fingerprint density at radius 2 is 2.14 bits per heavy atom. The van der Waals surface area contributed by atoms with Crippen molar-refractivity contribution in [1.29, 1.82) is 0 Å². The molecule has 1 amide bonds. The number of benzene rings is 1. The van der Waals surface area contributed by atoms with Gasteiger partial charge < -0.3 is 10.5 Å². The minimum absolute atomic E-state index is 0.233. The van der Waals surface area contributed by atoms with Crippen molar-refractivity contribution in [3.05, 3.63) is 29.3 Å². The van der Waals surface area contributed by atoms with E-state index in [-0.39, 0.29) is 12.6 Å². The van der Waals surface area contributed by atoms with Crippen LogP contribution in [-0.4, -0.2) is 18.7 Å². The first-order chi connectivity index (χ1) is 10.3. The standard InChI is InChI=1S/C15H19F3N2O2/c1-3-6-22-14(21)20-9(2)7-12(19)11-8-10(15(16,17)18)4-5-13(11)20/h4-5,8-9,12H,3,6-7,19H2,1-2H3/t9-,12+/m1/s1. The van der Waals surface area contributed by atoms with E-state index in [2.05, 4.69) is 0 Å². The molecule has 2 rings (SSSR count). The Labute approximate surface area is 127 Å². The first-order valence-corrected chi connectivity index (χ1v) is 7.18. The molecule has 0 aromatic heterocycles. The summed E-state index contributed by atoms with van der Waals surface area (Å²) in [4.78, 5) is 13.5. The molecule has 122 valence electrons. The van der Waals surface area contributed by atoms with Crippen LogP contribution in [0.4, 0.5) is 23.7 Å². The van der Waals surface area contributed by atoms with E-state index >= 15 is 0 Å². The molecule has 0 fully saturated rings. The van der Waals surface area contributed by atoms with Gasteiger partial charge in [-0.2, -0.15) is 13.2 Å². The number of carbonyl (C=O) groups excluding carboxylic acids is 1. The maximum absolute atomic E-state index is 12.8. The molecule has 0 bridgehead atoms. The van der Waals surface area contributed by atoms with Gasteiger partial charge in [0.05, 0.1) is 17.9 Å². The van der Waals surface area contributed by atoms with E-state index in [0.29, 0.717) is 24.1 Å². The van der Waals surface area contributed by atoms with E-state index in [0.717, 1.165) is 12.1 Å². The van der Waals surface area contributed by atoms with Crippen LogP contribution < -0.4 is 10.6 Å². The molecule has 0 saturated carbocycles. The molecule has 0 radical (unpaired) electrons. The van der Waals surface area contributed by atoms with Gasteiger partial charge in [0, 0.05) is 12.1 Å². The van der Waals surface area contributed by atoms with Crippen molar-refractivity contribution in [3.8, 4) is 0 Å². The van der Waals surface area contributed by atoms with Gasteiger partial charge in [-0.25, -0.2) is 4.79 Å². The summed E-state index contributed by atoms with van der Waals surface area (Å²) < 4.78 is 43.6. The third kappa shape index (κ3) is 3.19. The summed E-state index contributed by atoms with van der Waals surface area (Å²) in [5.41, 5.74) is 5.91. The van der Waals surface area contributed by atoms with Gasteiger partial charge in [-0.15, -0.1) is 0 Å². The highest BCUT2D eigenvalue weighted by molar-refractivity contribution is 5.90. The van der Waals surface area contributed by atoms with Crippen LogP contribution in [-0.2, 0) is 10.9 Å². The van der Waals surface area contributed by atoms with E-state index in [1.807, 2.05) is 6.92 Å². The summed E-state index contributed by atoms with van der Waals surface area (Å²) in [5.74, 6) is 0. The molecule has 22 heavy (non-hydrogen) atoms. The second-order valence-corrected chi connectivity index (χ2v) is 5.45. The number of hydrogen-bond acceptors (Lipinski definition) is 3. The summed E-state index contributed by atoms with van der Waals surface area (Å²) in [7, 11) is 0. The lowest BCUT2D eigenvalue weighted by molar-refractivity contribution is -0.137. The third-order valence-electron chi connectivity index (χ3n) is 3.68. The molecular formula is C15H19F3N2O2. The quantitative estimate of drug-likeness (QED) is 0.901. The maximum atomic E-state index is 12.8. The van der Waals surface area contributed by atoms with Crippen molar-refractivity contribution >= 4 is 11.8 Å². The zero-order valence-corrected chi connectivity index (χ0v) is 12.5. The number of carbonyl (C=O) groups is 1. The minimum Gasteiger partial charge on any atom is -0.449 e. The Morgan fingerprint density at radius 3 is 2.73 bits per heavy atom. The number of anilines is 1. The average Bonchev–Trinajstić information content (AvgIpc) is 2.43. The lowest BCUT2D eigenvalue weighted by atomic mass is 9.91. The number of amides is 1. The van der Waals surface area contributed by atoms with Gasteiger partial charge in [-0.05, 0) is 43.5 Å². The summed E-state index contributed by atoms with van der Waals surface area (Å²) in [6, 6.07) is 2.50. The monoisotopic (exact) mass is 316 g/mol. The van der Waals surface area contributed by atoms with Crippen LogP contribution in [0.2, 0.25) is 0 Å². The number of fused-ring (bicyclic) bond motifs is 1. The molecule has 7 heteroatoms. The van der Waals surface area contributed by atoms with E-state index in [4.69, 9.17) is 10.5 Å². The number of ether oxygens (including phenoxy) is 1. The zero-order valence-electron chi connectivity index (χ0n) is 12.5. The van der Waals surface area contributed by atoms with Gasteiger partial charge in [-0.3, -0.25) is 4.90 Å². The maximum Gasteiger partial charge on any atom is 0.416 e. The second-order valence-electron chi connectivity index (χ2n) is 5.45. The highest BCUT2D eigenvalue weighted by Gasteiger charge is 2.37. The van der Waals surface area contributed by atoms with Crippen LogP contribution in [0, 0.1) is 0 Å². The van der Waals surface area contributed by atoms with Crippen molar-refractivity contribution in [2.24, 2.45) is 5.73 Å². The third-order valence-corrected chi connectivity index (χ3v) is 3.68. The molecule has 1 aliphatic heterocycles. The zero-order chi connectivity index (χ0) is 16.5. The summed E-state index contributed by atoms with van der Waals surface area (Å²) in [6.45, 7) is 3.93. The van der Waals surface area contributed by atoms with Gasteiger partial charge in [0.25, 0.3) is 0 Å². The molecule has 2 atom stereocenters. The fraction of sp³-hybridized carbons (Fsp3) is 0.533. The van der Waals surface area contributed by atoms with Crippen molar-refractivity contribution < 1.29 is 22.7 Å². The Balaban J connectivity index is 2.41. The van der Waals surface area contributed by atoms with Gasteiger partial charge in [-0.1, -0.05) is 6.92 Å². The van der Waals surface area contributed by atoms with Gasteiger partial charge in [0.1, 0.15) is 0 Å². The van der Waals surface area contributed by atoms with Gasteiger partial charge >= 0.3 is 12.3 Å². The van der Waals surface area contributed by atoms with Crippen molar-refractivity contribution in [2.45, 2.75) is 44.9 Å². The summed E-state index contributed by atoms with van der Waals surface area (Å²) in [6.07, 6.45) is -3.93. The highest BCUT2D eigenvalue weighted by atomic mass is 19.4. The van der Waals surface area contributed by atoms with E-state index in [1.54, 1.807) is 6.92 Å². The molecule has 1 heterocycles. The number of nitrogens with zero attached hydrogens (tertiary/aromatic N) is 1. The topological polar surface area (TPSA) is 55.6 Å². The Hall–Kier alpha value is -1.76. The number of alkyl halides is 3. The van der Waals surface area contributed by atoms with Crippen molar-refractivity contribution in [3.63, 3.8) is 0 Å². The molecule has 1 aromatic carbocycles. The second kappa shape index (κ2) is 6.16. The molecule has 0 aliphatic carbocycles. The normalized spacial score (nSPS) is 21.5. The fourth-order valence-electron chi connectivity index (χ4n) is 2.62. The van der Waals surface area contributed by atoms with Gasteiger partial charge in [0.15, 0.2) is 0 Å².